The van der Waals surface area contributed by atoms with Crippen LogP contribution in [0.5, 0.6) is 11.5 Å². The van der Waals surface area contributed by atoms with Gasteiger partial charge >= 0.3 is 0 Å². The van der Waals surface area contributed by atoms with E-state index in [2.05, 4.69) is 61.8 Å². The van der Waals surface area contributed by atoms with E-state index in [0.717, 1.165) is 76.6 Å². The van der Waals surface area contributed by atoms with E-state index < -0.39 is 0 Å². The Bertz CT molecular complexity index is 870. The van der Waals surface area contributed by atoms with Crippen molar-refractivity contribution in [3.63, 3.8) is 0 Å². The summed E-state index contributed by atoms with van der Waals surface area (Å²) in [6.07, 6.45) is 43.2. The van der Waals surface area contributed by atoms with Gasteiger partial charge in [0.25, 0.3) is 0 Å². The van der Waals surface area contributed by atoms with Crippen molar-refractivity contribution in [1.29, 1.82) is 0 Å². The van der Waals surface area contributed by atoms with E-state index in [1.165, 1.54) is 180 Å². The molecule has 322 valence electrons. The van der Waals surface area contributed by atoms with Crippen LogP contribution in [-0.4, -0.2) is 61.6 Å². The van der Waals surface area contributed by atoms with Crippen molar-refractivity contribution in [1.82, 2.24) is 9.80 Å². The second-order valence-corrected chi connectivity index (χ2v) is 16.9. The molecule has 2 atom stereocenters. The summed E-state index contributed by atoms with van der Waals surface area (Å²) in [4.78, 5) is 5.12. The largest absolute Gasteiger partial charge is 0.471 e. The minimum absolute atomic E-state index is 0.0392. The quantitative estimate of drug-likeness (QED) is 0.0652. The van der Waals surface area contributed by atoms with Gasteiger partial charge in [0.15, 0.2) is 24.0 Å². The molecule has 1 aromatic carbocycles. The van der Waals surface area contributed by atoms with Crippen LogP contribution >= 0.6 is 0 Å². The Kier molecular flexibility index (Phi) is 33.5. The van der Waals surface area contributed by atoms with Gasteiger partial charge in [0.05, 0.1) is 0 Å². The van der Waals surface area contributed by atoms with Gasteiger partial charge in [-0.15, -0.1) is 0 Å². The number of fused-ring (bicyclic) bond motifs is 1. The maximum absolute atomic E-state index is 6.91. The van der Waals surface area contributed by atoms with Gasteiger partial charge in [-0.25, -0.2) is 0 Å². The van der Waals surface area contributed by atoms with E-state index in [4.69, 9.17) is 14.2 Å². The number of para-hydroxylation sites is 2. The fourth-order valence-electron chi connectivity index (χ4n) is 8.42. The van der Waals surface area contributed by atoms with Crippen LogP contribution in [0.1, 0.15) is 233 Å². The number of hydrogen-bond acceptors (Lipinski definition) is 5. The fourth-order valence-corrected chi connectivity index (χ4v) is 8.42. The summed E-state index contributed by atoms with van der Waals surface area (Å²) in [5, 5.41) is 0. The molecule has 0 fully saturated rings. The van der Waals surface area contributed by atoms with Crippen molar-refractivity contribution in [3.8, 4) is 11.5 Å². The third-order valence-corrected chi connectivity index (χ3v) is 12.1. The SMILES string of the molecule is CCCCCCCCCCCCCCCCN(CC)C1CCCOCCCC(N(CC)CCCCCCCCCCCCCCCC)Oc2ccccc2O1. The van der Waals surface area contributed by atoms with Crippen LogP contribution in [0.3, 0.4) is 0 Å². The summed E-state index contributed by atoms with van der Waals surface area (Å²) in [5.74, 6) is 1.79. The normalized spacial score (nSPS) is 17.0. The number of hydrogen-bond donors (Lipinski definition) is 0. The topological polar surface area (TPSA) is 34.2 Å². The molecule has 1 aliphatic rings. The number of nitrogens with zero attached hydrogens (tertiary/aromatic N) is 2. The molecule has 5 nitrogen and oxygen atoms in total. The Morgan fingerprint density at radius 2 is 0.709 bits per heavy atom. The first-order valence-corrected chi connectivity index (χ1v) is 24.7. The van der Waals surface area contributed by atoms with Gasteiger partial charge in [0.1, 0.15) is 0 Å². The average Bonchev–Trinajstić information content (AvgIpc) is 3.22. The molecule has 2 unspecified atom stereocenters. The van der Waals surface area contributed by atoms with Gasteiger partial charge in [-0.1, -0.05) is 207 Å². The molecule has 0 radical (unpaired) electrons. The minimum Gasteiger partial charge on any atom is -0.471 e. The van der Waals surface area contributed by atoms with E-state index >= 15 is 0 Å². The second-order valence-electron chi connectivity index (χ2n) is 16.9. The van der Waals surface area contributed by atoms with Gasteiger partial charge in [-0.2, -0.15) is 0 Å². The molecule has 1 aliphatic heterocycles. The molecule has 0 N–H and O–H groups in total. The predicted molar refractivity (Wildman–Crippen MR) is 240 cm³/mol. The molecule has 1 aromatic rings. The Balaban J connectivity index is 1.77. The number of benzene rings is 1. The number of rotatable bonds is 34. The fraction of sp³-hybridized carbons (Fsp3) is 0.880. The predicted octanol–water partition coefficient (Wildman–Crippen LogP) is 15.3. The van der Waals surface area contributed by atoms with Gasteiger partial charge in [-0.3, -0.25) is 9.80 Å². The molecule has 2 rings (SSSR count). The number of unbranched alkanes of at least 4 members (excludes halogenated alkanes) is 26. The van der Waals surface area contributed by atoms with Crippen LogP contribution in [0.15, 0.2) is 24.3 Å². The van der Waals surface area contributed by atoms with Crippen LogP contribution in [0.25, 0.3) is 0 Å². The standard InChI is InChI=1S/C50H94N2O3/c1-5-9-11-13-15-17-19-21-23-25-27-29-31-35-43-51(7-3)49-41-37-45-53-46-38-42-50(55-48-40-34-33-39-47(48)54-49)52(8-4)44-36-32-30-28-26-24-22-20-18-16-14-12-10-6-2/h33-34,39-40,49-50H,5-32,35-38,41-46H2,1-4H3. The minimum atomic E-state index is 0.0392. The first kappa shape index (κ1) is 49.8. The van der Waals surface area contributed by atoms with E-state index in [0.29, 0.717) is 0 Å². The van der Waals surface area contributed by atoms with Crippen molar-refractivity contribution >= 4 is 0 Å². The van der Waals surface area contributed by atoms with E-state index in [1.54, 1.807) is 0 Å². The molecule has 5 heteroatoms. The first-order valence-electron chi connectivity index (χ1n) is 24.7. The van der Waals surface area contributed by atoms with Gasteiger partial charge in [-0.05, 0) is 50.9 Å². The van der Waals surface area contributed by atoms with E-state index in [9.17, 15) is 0 Å². The van der Waals surface area contributed by atoms with Crippen LogP contribution in [0.2, 0.25) is 0 Å². The highest BCUT2D eigenvalue weighted by Crippen LogP contribution is 2.32. The molecular formula is C50H94N2O3. The third kappa shape index (κ3) is 26.4. The lowest BCUT2D eigenvalue weighted by Gasteiger charge is -2.33. The molecule has 55 heavy (non-hydrogen) atoms. The Morgan fingerprint density at radius 3 is 1.00 bits per heavy atom. The number of ether oxygens (including phenoxy) is 3. The highest BCUT2D eigenvalue weighted by atomic mass is 16.5. The molecule has 0 saturated carbocycles. The molecule has 0 aromatic heterocycles. The second kappa shape index (κ2) is 37.0. The summed E-state index contributed by atoms with van der Waals surface area (Å²) in [7, 11) is 0. The van der Waals surface area contributed by atoms with Crippen molar-refractivity contribution < 1.29 is 14.2 Å². The molecular weight excluding hydrogens is 677 g/mol. The molecule has 0 spiro atoms. The molecule has 1 heterocycles. The van der Waals surface area contributed by atoms with Crippen molar-refractivity contribution in [2.24, 2.45) is 0 Å². The summed E-state index contributed by atoms with van der Waals surface area (Å²) in [6.45, 7) is 15.0. The third-order valence-electron chi connectivity index (χ3n) is 12.1. The van der Waals surface area contributed by atoms with Crippen molar-refractivity contribution in [2.45, 2.75) is 246 Å². The molecule has 0 amide bonds. The lowest BCUT2D eigenvalue weighted by Crippen LogP contribution is -2.41. The lowest BCUT2D eigenvalue weighted by molar-refractivity contribution is 0.00123. The molecule has 0 aliphatic carbocycles. The maximum atomic E-state index is 6.91. The van der Waals surface area contributed by atoms with Gasteiger partial charge in [0.2, 0.25) is 0 Å². The van der Waals surface area contributed by atoms with Crippen molar-refractivity contribution in [2.75, 3.05) is 39.4 Å². The Morgan fingerprint density at radius 1 is 0.418 bits per heavy atom. The highest BCUT2D eigenvalue weighted by molar-refractivity contribution is 5.39. The van der Waals surface area contributed by atoms with Crippen LogP contribution in [0, 0.1) is 0 Å². The van der Waals surface area contributed by atoms with Crippen LogP contribution in [0.4, 0.5) is 0 Å². The van der Waals surface area contributed by atoms with Gasteiger partial charge in [0, 0.05) is 39.1 Å². The smallest absolute Gasteiger partial charge is 0.163 e. The maximum Gasteiger partial charge on any atom is 0.163 e. The monoisotopic (exact) mass is 771 g/mol. The van der Waals surface area contributed by atoms with Crippen LogP contribution < -0.4 is 9.47 Å². The zero-order chi connectivity index (χ0) is 39.3. The zero-order valence-electron chi connectivity index (χ0n) is 37.5. The average molecular weight is 771 g/mol. The summed E-state index contributed by atoms with van der Waals surface area (Å²) < 4.78 is 20.0. The van der Waals surface area contributed by atoms with Gasteiger partial charge < -0.3 is 14.2 Å². The first-order chi connectivity index (χ1) is 27.2. The molecule has 0 bridgehead atoms. The highest BCUT2D eigenvalue weighted by Gasteiger charge is 2.24. The summed E-state index contributed by atoms with van der Waals surface area (Å²) in [5.41, 5.74) is 0. The van der Waals surface area contributed by atoms with Crippen molar-refractivity contribution in [3.05, 3.63) is 24.3 Å². The zero-order valence-corrected chi connectivity index (χ0v) is 37.5. The lowest BCUT2D eigenvalue weighted by atomic mass is 10.0. The summed E-state index contributed by atoms with van der Waals surface area (Å²) in [6, 6.07) is 8.46. The summed E-state index contributed by atoms with van der Waals surface area (Å²) >= 11 is 0. The molecule has 0 saturated heterocycles. The van der Waals surface area contributed by atoms with E-state index in [-0.39, 0.29) is 12.5 Å². The van der Waals surface area contributed by atoms with E-state index in [1.807, 2.05) is 0 Å². The Labute approximate surface area is 343 Å². The van der Waals surface area contributed by atoms with Crippen LogP contribution in [-0.2, 0) is 4.74 Å². The Hall–Kier alpha value is -1.30.